The molecule has 1 atom stereocenters. The Morgan fingerprint density at radius 2 is 1.92 bits per heavy atom. The van der Waals surface area contributed by atoms with Gasteiger partial charge in [0.1, 0.15) is 5.75 Å². The van der Waals surface area contributed by atoms with Crippen LogP contribution in [0.2, 0.25) is 0 Å². The zero-order valence-corrected chi connectivity index (χ0v) is 15.5. The lowest BCUT2D eigenvalue weighted by atomic mass is 10.1. The third-order valence-corrected chi connectivity index (χ3v) is 5.06. The Labute approximate surface area is 151 Å². The number of nitrogens with zero attached hydrogens (tertiary/aromatic N) is 3. The molecule has 6 nitrogen and oxygen atoms in total. The summed E-state index contributed by atoms with van der Waals surface area (Å²) in [6.07, 6.45) is 0.970. The summed E-state index contributed by atoms with van der Waals surface area (Å²) in [5.74, 6) is 1.83. The molecule has 0 saturated carbocycles. The molecule has 25 heavy (non-hydrogen) atoms. The number of piperazine rings is 3. The lowest BCUT2D eigenvalue weighted by molar-refractivity contribution is 0.0174. The maximum absolute atomic E-state index is 5.20. The monoisotopic (exact) mass is 345 g/mol. The van der Waals surface area contributed by atoms with Crippen molar-refractivity contribution >= 4 is 5.96 Å². The van der Waals surface area contributed by atoms with Gasteiger partial charge in [-0.3, -0.25) is 14.8 Å². The van der Waals surface area contributed by atoms with Gasteiger partial charge in [-0.2, -0.15) is 0 Å². The van der Waals surface area contributed by atoms with Gasteiger partial charge in [-0.1, -0.05) is 12.1 Å². The highest BCUT2D eigenvalue weighted by Gasteiger charge is 2.31. The van der Waals surface area contributed by atoms with Crippen LogP contribution < -0.4 is 15.4 Å². The molecule has 3 saturated heterocycles. The number of ether oxygens (including phenoxy) is 1. The number of guanidine groups is 1. The molecule has 1 unspecified atom stereocenters. The van der Waals surface area contributed by atoms with Gasteiger partial charge in [-0.25, -0.2) is 0 Å². The molecule has 0 aliphatic carbocycles. The second-order valence-corrected chi connectivity index (χ2v) is 6.73. The maximum atomic E-state index is 5.20. The van der Waals surface area contributed by atoms with E-state index in [-0.39, 0.29) is 0 Å². The summed E-state index contributed by atoms with van der Waals surface area (Å²) in [5, 5.41) is 6.81. The van der Waals surface area contributed by atoms with E-state index in [4.69, 9.17) is 9.73 Å². The minimum Gasteiger partial charge on any atom is -0.497 e. The summed E-state index contributed by atoms with van der Waals surface area (Å²) in [5.41, 5.74) is 1.30. The van der Waals surface area contributed by atoms with Gasteiger partial charge in [0.15, 0.2) is 5.96 Å². The third-order valence-electron chi connectivity index (χ3n) is 5.06. The quantitative estimate of drug-likeness (QED) is 0.565. The van der Waals surface area contributed by atoms with Crippen LogP contribution in [-0.2, 0) is 6.42 Å². The molecule has 0 radical (unpaired) electrons. The minimum atomic E-state index is 0.569. The van der Waals surface area contributed by atoms with Crippen LogP contribution in [0.1, 0.15) is 12.5 Å². The normalized spacial score (nSPS) is 25.7. The van der Waals surface area contributed by atoms with Gasteiger partial charge >= 0.3 is 0 Å². The molecule has 1 aromatic rings. The molecule has 138 valence electrons. The topological polar surface area (TPSA) is 52.1 Å². The molecule has 3 heterocycles. The predicted molar refractivity (Wildman–Crippen MR) is 102 cm³/mol. The van der Waals surface area contributed by atoms with Crippen molar-refractivity contribution in [3.8, 4) is 5.75 Å². The van der Waals surface area contributed by atoms with Gasteiger partial charge in [-0.15, -0.1) is 0 Å². The van der Waals surface area contributed by atoms with E-state index in [0.717, 1.165) is 44.3 Å². The molecular weight excluding hydrogens is 314 g/mol. The highest BCUT2D eigenvalue weighted by molar-refractivity contribution is 5.79. The first-order valence-electron chi connectivity index (χ1n) is 9.40. The van der Waals surface area contributed by atoms with Crippen molar-refractivity contribution < 1.29 is 4.74 Å². The van der Waals surface area contributed by atoms with Crippen molar-refractivity contribution in [2.24, 2.45) is 4.99 Å². The summed E-state index contributed by atoms with van der Waals surface area (Å²) in [4.78, 5) is 9.97. The third kappa shape index (κ3) is 5.09. The number of fused-ring (bicyclic) bond motifs is 3. The van der Waals surface area contributed by atoms with E-state index in [1.54, 1.807) is 7.11 Å². The van der Waals surface area contributed by atoms with Crippen molar-refractivity contribution in [2.45, 2.75) is 19.4 Å². The number of nitrogens with one attached hydrogen (secondary N) is 2. The van der Waals surface area contributed by atoms with E-state index in [1.807, 2.05) is 12.1 Å². The molecule has 4 rings (SSSR count). The minimum absolute atomic E-state index is 0.569. The Kier molecular flexibility index (Phi) is 6.53. The van der Waals surface area contributed by atoms with Crippen molar-refractivity contribution in [1.29, 1.82) is 0 Å². The van der Waals surface area contributed by atoms with E-state index in [2.05, 4.69) is 39.5 Å². The average molecular weight is 345 g/mol. The molecule has 1 aromatic carbocycles. The molecule has 0 spiro atoms. The van der Waals surface area contributed by atoms with Gasteiger partial charge in [0.2, 0.25) is 0 Å². The van der Waals surface area contributed by atoms with Crippen molar-refractivity contribution in [3.05, 3.63) is 29.8 Å². The summed E-state index contributed by atoms with van der Waals surface area (Å²) >= 11 is 0. The first-order valence-corrected chi connectivity index (χ1v) is 9.40. The number of methoxy groups -OCH3 is 1. The van der Waals surface area contributed by atoms with Gasteiger partial charge in [0, 0.05) is 51.9 Å². The van der Waals surface area contributed by atoms with E-state index >= 15 is 0 Å². The molecule has 3 aliphatic heterocycles. The summed E-state index contributed by atoms with van der Waals surface area (Å²) in [6, 6.07) is 8.82. The van der Waals surface area contributed by atoms with E-state index in [9.17, 15) is 0 Å². The van der Waals surface area contributed by atoms with Crippen LogP contribution in [0.3, 0.4) is 0 Å². The molecule has 2 N–H and O–H groups in total. The molecule has 0 aromatic heterocycles. The SMILES string of the molecule is CCNC(=NCC1CN2CCN1CC2)NCCc1ccc(OC)cc1. The average Bonchev–Trinajstić information content (AvgIpc) is 2.67. The fourth-order valence-electron chi connectivity index (χ4n) is 3.55. The predicted octanol–water partition coefficient (Wildman–Crippen LogP) is 0.793. The van der Waals surface area contributed by atoms with Crippen LogP contribution in [0.25, 0.3) is 0 Å². The van der Waals surface area contributed by atoms with Crippen LogP contribution >= 0.6 is 0 Å². The first-order chi connectivity index (χ1) is 12.3. The summed E-state index contributed by atoms with van der Waals surface area (Å²) in [6.45, 7) is 10.7. The van der Waals surface area contributed by atoms with E-state index in [0.29, 0.717) is 6.04 Å². The molecule has 6 heteroatoms. The fraction of sp³-hybridized carbons (Fsp3) is 0.632. The van der Waals surface area contributed by atoms with Gasteiger partial charge in [0.05, 0.1) is 13.7 Å². The second-order valence-electron chi connectivity index (χ2n) is 6.73. The first kappa shape index (κ1) is 18.0. The van der Waals surface area contributed by atoms with Crippen molar-refractivity contribution in [2.75, 3.05) is 59.5 Å². The van der Waals surface area contributed by atoms with Gasteiger partial charge < -0.3 is 15.4 Å². The lowest BCUT2D eigenvalue weighted by Gasteiger charge is -2.47. The Morgan fingerprint density at radius 1 is 1.16 bits per heavy atom. The Balaban J connectivity index is 1.46. The largest absolute Gasteiger partial charge is 0.497 e. The Hall–Kier alpha value is -1.79. The highest BCUT2D eigenvalue weighted by atomic mass is 16.5. The van der Waals surface area contributed by atoms with Gasteiger partial charge in [0.25, 0.3) is 0 Å². The van der Waals surface area contributed by atoms with Crippen LogP contribution in [0.5, 0.6) is 5.75 Å². The Bertz CT molecular complexity index is 551. The number of hydrogen-bond acceptors (Lipinski definition) is 4. The number of hydrogen-bond donors (Lipinski definition) is 2. The molecule has 0 amide bonds. The number of benzene rings is 1. The van der Waals surface area contributed by atoms with Crippen LogP contribution in [0.4, 0.5) is 0 Å². The standard InChI is InChI=1S/C19H31N5O/c1-3-20-19(21-9-8-16-4-6-18(25-2)7-5-16)22-14-17-15-23-10-12-24(17)13-11-23/h4-7,17H,3,8-15H2,1-2H3,(H2,20,21,22). The lowest BCUT2D eigenvalue weighted by Crippen LogP contribution is -2.62. The second kappa shape index (κ2) is 9.06. The van der Waals surface area contributed by atoms with Crippen LogP contribution in [0, 0.1) is 0 Å². The van der Waals surface area contributed by atoms with E-state index in [1.165, 1.54) is 31.7 Å². The zero-order valence-electron chi connectivity index (χ0n) is 15.5. The molecule has 2 bridgehead atoms. The Morgan fingerprint density at radius 3 is 2.52 bits per heavy atom. The molecule has 3 aliphatic rings. The van der Waals surface area contributed by atoms with Crippen LogP contribution in [0.15, 0.2) is 29.3 Å². The van der Waals surface area contributed by atoms with Crippen LogP contribution in [-0.4, -0.2) is 81.3 Å². The van der Waals surface area contributed by atoms with Gasteiger partial charge in [-0.05, 0) is 31.0 Å². The number of rotatable bonds is 7. The molecule has 3 fully saturated rings. The molecular formula is C19H31N5O. The maximum Gasteiger partial charge on any atom is 0.191 e. The summed E-state index contributed by atoms with van der Waals surface area (Å²) in [7, 11) is 1.70. The van der Waals surface area contributed by atoms with E-state index < -0.39 is 0 Å². The van der Waals surface area contributed by atoms with Crippen molar-refractivity contribution in [1.82, 2.24) is 20.4 Å². The smallest absolute Gasteiger partial charge is 0.191 e. The number of aliphatic imine (C=N–C) groups is 1. The van der Waals surface area contributed by atoms with Crippen molar-refractivity contribution in [3.63, 3.8) is 0 Å². The zero-order chi connectivity index (χ0) is 17.5. The highest BCUT2D eigenvalue weighted by Crippen LogP contribution is 2.15. The fourth-order valence-corrected chi connectivity index (χ4v) is 3.55. The summed E-state index contributed by atoms with van der Waals surface area (Å²) < 4.78 is 5.20.